The first-order valence-corrected chi connectivity index (χ1v) is 3.14. The molecule has 0 amide bonds. The zero-order chi connectivity index (χ0) is 7.40. The lowest BCUT2D eigenvalue weighted by Gasteiger charge is -2.04. The Kier molecular flexibility index (Phi) is 2.15. The molecule has 0 N–H and O–H groups in total. The Morgan fingerprint density at radius 3 is 2.90 bits per heavy atom. The lowest BCUT2D eigenvalue weighted by atomic mass is 9.99. The van der Waals surface area contributed by atoms with Gasteiger partial charge < -0.3 is 4.79 Å². The van der Waals surface area contributed by atoms with Crippen molar-refractivity contribution in [2.45, 2.75) is 6.42 Å². The molecular weight excluding hydrogens is 128 g/mol. The van der Waals surface area contributed by atoms with E-state index < -0.39 is 0 Å². The van der Waals surface area contributed by atoms with Crippen molar-refractivity contribution in [3.63, 3.8) is 0 Å². The number of allylic oxidation sites excluding steroid dienone is 4. The Hall–Kier alpha value is -1.18. The summed E-state index contributed by atoms with van der Waals surface area (Å²) in [5, 5.41) is 0. The fourth-order valence-corrected chi connectivity index (χ4v) is 0.904. The van der Waals surface area contributed by atoms with Crippen molar-refractivity contribution >= 4 is 12.6 Å². The van der Waals surface area contributed by atoms with E-state index in [9.17, 15) is 9.59 Å². The van der Waals surface area contributed by atoms with E-state index in [4.69, 9.17) is 0 Å². The molecule has 0 aliphatic heterocycles. The summed E-state index contributed by atoms with van der Waals surface area (Å²) in [4.78, 5) is 20.4. The molecule has 0 radical (unpaired) electrons. The van der Waals surface area contributed by atoms with Gasteiger partial charge in [0.2, 0.25) is 0 Å². The van der Waals surface area contributed by atoms with Crippen molar-refractivity contribution in [2.24, 2.45) is 5.92 Å². The molecule has 0 saturated heterocycles. The zero-order valence-electron chi connectivity index (χ0n) is 5.49. The topological polar surface area (TPSA) is 34.1 Å². The molecule has 1 unspecified atom stereocenters. The van der Waals surface area contributed by atoms with Gasteiger partial charge in [0.15, 0.2) is 0 Å². The monoisotopic (exact) mass is 136 g/mol. The van der Waals surface area contributed by atoms with Crippen LogP contribution in [0.1, 0.15) is 6.42 Å². The van der Waals surface area contributed by atoms with Crippen molar-refractivity contribution in [1.82, 2.24) is 0 Å². The highest BCUT2D eigenvalue weighted by Gasteiger charge is 2.04. The van der Waals surface area contributed by atoms with Crippen molar-refractivity contribution in [1.29, 1.82) is 0 Å². The number of carbonyl (C=O) groups is 2. The molecule has 0 heterocycles. The van der Waals surface area contributed by atoms with Crippen molar-refractivity contribution in [3.8, 4) is 0 Å². The molecular formula is C8H8O2. The summed E-state index contributed by atoms with van der Waals surface area (Å²) in [6.07, 6.45) is 7.58. The van der Waals surface area contributed by atoms with Gasteiger partial charge in [-0.2, -0.15) is 0 Å². The molecule has 1 aliphatic carbocycles. The van der Waals surface area contributed by atoms with Gasteiger partial charge in [0, 0.05) is 0 Å². The molecule has 0 aromatic heterocycles. The van der Waals surface area contributed by atoms with E-state index in [0.717, 1.165) is 12.6 Å². The zero-order valence-corrected chi connectivity index (χ0v) is 5.49. The number of hydrogen-bond donors (Lipinski definition) is 0. The smallest absolute Gasteiger partial charge is 0.146 e. The molecule has 1 aliphatic rings. The summed E-state index contributed by atoms with van der Waals surface area (Å²) in [6, 6.07) is 0. The third kappa shape index (κ3) is 1.41. The number of aldehydes is 2. The SMILES string of the molecule is O=CC1=CC(C=O)C=CC1. The molecule has 0 fully saturated rings. The lowest BCUT2D eigenvalue weighted by Crippen LogP contribution is -2.00. The summed E-state index contributed by atoms with van der Waals surface area (Å²) in [5.41, 5.74) is 0.694. The molecule has 0 spiro atoms. The Balaban J connectivity index is 2.71. The largest absolute Gasteiger partial charge is 0.302 e. The highest BCUT2D eigenvalue weighted by molar-refractivity contribution is 5.76. The van der Waals surface area contributed by atoms with E-state index >= 15 is 0 Å². The minimum atomic E-state index is -0.186. The quantitative estimate of drug-likeness (QED) is 0.417. The molecule has 1 rings (SSSR count). The predicted octanol–water partition coefficient (Wildman–Crippen LogP) is 0.887. The number of carbonyl (C=O) groups excluding carboxylic acids is 2. The second-order valence-corrected chi connectivity index (χ2v) is 2.21. The van der Waals surface area contributed by atoms with Crippen LogP contribution in [-0.4, -0.2) is 12.6 Å². The van der Waals surface area contributed by atoms with E-state index in [1.165, 1.54) is 0 Å². The van der Waals surface area contributed by atoms with Crippen molar-refractivity contribution in [2.75, 3.05) is 0 Å². The average Bonchev–Trinajstić information content (AvgIpc) is 2.05. The van der Waals surface area contributed by atoms with Crippen LogP contribution in [0.2, 0.25) is 0 Å². The maximum Gasteiger partial charge on any atom is 0.146 e. The van der Waals surface area contributed by atoms with Gasteiger partial charge >= 0.3 is 0 Å². The first-order chi connectivity index (χ1) is 4.86. The first-order valence-electron chi connectivity index (χ1n) is 3.14. The maximum absolute atomic E-state index is 10.2. The van der Waals surface area contributed by atoms with E-state index in [1.807, 2.05) is 6.08 Å². The van der Waals surface area contributed by atoms with Crippen LogP contribution in [0.25, 0.3) is 0 Å². The molecule has 52 valence electrons. The van der Waals surface area contributed by atoms with Crippen LogP contribution < -0.4 is 0 Å². The van der Waals surface area contributed by atoms with Crippen LogP contribution >= 0.6 is 0 Å². The highest BCUT2D eigenvalue weighted by Crippen LogP contribution is 2.12. The van der Waals surface area contributed by atoms with Gasteiger partial charge in [0.1, 0.15) is 12.6 Å². The third-order valence-electron chi connectivity index (χ3n) is 1.43. The lowest BCUT2D eigenvalue weighted by molar-refractivity contribution is -0.108. The minimum Gasteiger partial charge on any atom is -0.302 e. The van der Waals surface area contributed by atoms with Crippen LogP contribution in [-0.2, 0) is 9.59 Å². The fraction of sp³-hybridized carbons (Fsp3) is 0.250. The summed E-state index contributed by atoms with van der Waals surface area (Å²) < 4.78 is 0. The van der Waals surface area contributed by atoms with Crippen molar-refractivity contribution in [3.05, 3.63) is 23.8 Å². The maximum atomic E-state index is 10.2. The van der Waals surface area contributed by atoms with Gasteiger partial charge in [0.25, 0.3) is 0 Å². The molecule has 0 saturated carbocycles. The first kappa shape index (κ1) is 6.93. The summed E-state index contributed by atoms with van der Waals surface area (Å²) in [5.74, 6) is -0.186. The Morgan fingerprint density at radius 2 is 2.30 bits per heavy atom. The van der Waals surface area contributed by atoms with E-state index in [0.29, 0.717) is 12.0 Å². The van der Waals surface area contributed by atoms with Crippen molar-refractivity contribution < 1.29 is 9.59 Å². The van der Waals surface area contributed by atoms with Gasteiger partial charge in [-0.25, -0.2) is 0 Å². The second kappa shape index (κ2) is 3.11. The van der Waals surface area contributed by atoms with Crippen LogP contribution in [0.4, 0.5) is 0 Å². The van der Waals surface area contributed by atoms with Gasteiger partial charge in [-0.3, -0.25) is 4.79 Å². The Bertz CT molecular complexity index is 201. The Labute approximate surface area is 59.2 Å². The molecule has 0 aromatic rings. The van der Waals surface area contributed by atoms with Gasteiger partial charge in [-0.1, -0.05) is 18.2 Å². The third-order valence-corrected chi connectivity index (χ3v) is 1.43. The summed E-state index contributed by atoms with van der Waals surface area (Å²) in [6.45, 7) is 0. The summed E-state index contributed by atoms with van der Waals surface area (Å²) in [7, 11) is 0. The van der Waals surface area contributed by atoms with Gasteiger partial charge in [-0.05, 0) is 12.0 Å². The molecule has 10 heavy (non-hydrogen) atoms. The minimum absolute atomic E-state index is 0.186. The van der Waals surface area contributed by atoms with Gasteiger partial charge in [-0.15, -0.1) is 0 Å². The highest BCUT2D eigenvalue weighted by atomic mass is 16.1. The number of hydrogen-bond acceptors (Lipinski definition) is 2. The van der Waals surface area contributed by atoms with Gasteiger partial charge in [0.05, 0.1) is 5.92 Å². The van der Waals surface area contributed by atoms with E-state index in [2.05, 4.69) is 0 Å². The molecule has 0 aromatic carbocycles. The fourth-order valence-electron chi connectivity index (χ4n) is 0.904. The second-order valence-electron chi connectivity index (χ2n) is 2.21. The van der Waals surface area contributed by atoms with Crippen LogP contribution in [0.3, 0.4) is 0 Å². The Morgan fingerprint density at radius 1 is 1.50 bits per heavy atom. The predicted molar refractivity (Wildman–Crippen MR) is 37.5 cm³/mol. The molecule has 0 bridgehead atoms. The molecule has 2 heteroatoms. The average molecular weight is 136 g/mol. The normalized spacial score (nSPS) is 23.6. The van der Waals surface area contributed by atoms with E-state index in [-0.39, 0.29) is 5.92 Å². The standard InChI is InChI=1S/C8H8O2/c9-5-7-2-1-3-8(4-7)6-10/h1-2,4-7H,3H2. The molecule has 1 atom stereocenters. The number of rotatable bonds is 2. The van der Waals surface area contributed by atoms with Crippen LogP contribution in [0.15, 0.2) is 23.8 Å². The molecule has 2 nitrogen and oxygen atoms in total. The van der Waals surface area contributed by atoms with Crippen LogP contribution in [0, 0.1) is 5.92 Å². The van der Waals surface area contributed by atoms with E-state index in [1.54, 1.807) is 12.2 Å². The van der Waals surface area contributed by atoms with Crippen LogP contribution in [0.5, 0.6) is 0 Å². The summed E-state index contributed by atoms with van der Waals surface area (Å²) >= 11 is 0.